The van der Waals surface area contributed by atoms with Crippen molar-refractivity contribution in [1.29, 1.82) is 0 Å². The molecule has 4 N–H and O–H groups in total. The Bertz CT molecular complexity index is 1820. The van der Waals surface area contributed by atoms with Crippen molar-refractivity contribution in [2.24, 2.45) is 17.8 Å². The second kappa shape index (κ2) is 15.0. The van der Waals surface area contributed by atoms with Gasteiger partial charge in [0.25, 0.3) is 5.91 Å². The number of halogens is 1. The molecule has 5 amide bonds. The van der Waals surface area contributed by atoms with Crippen LogP contribution in [0.3, 0.4) is 0 Å². The zero-order valence-electron chi connectivity index (χ0n) is 32.3. The maximum absolute atomic E-state index is 14.8. The number of amides is 5. The van der Waals surface area contributed by atoms with Crippen molar-refractivity contribution in [3.05, 3.63) is 40.4 Å². The summed E-state index contributed by atoms with van der Waals surface area (Å²) in [6.45, 7) is 13.8. The van der Waals surface area contributed by atoms with E-state index in [-0.39, 0.29) is 36.0 Å². The Labute approximate surface area is 322 Å². The van der Waals surface area contributed by atoms with Gasteiger partial charge in [-0.3, -0.25) is 24.0 Å². The van der Waals surface area contributed by atoms with Crippen molar-refractivity contribution >= 4 is 57.2 Å². The molecule has 16 heteroatoms. The monoisotopic (exact) mass is 791 g/mol. The fourth-order valence-electron chi connectivity index (χ4n) is 7.80. The lowest BCUT2D eigenvalue weighted by molar-refractivity contribution is -0.142. The number of ether oxygens (including phenoxy) is 1. The van der Waals surface area contributed by atoms with Crippen LogP contribution in [0, 0.1) is 31.6 Å². The molecular weight excluding hydrogens is 738 g/mol. The standard InChI is InChI=1S/C38H54ClN5O9S/c1-21-11-9-10-12-25-19-38(25,33(47)42-54(51,52)37(8)13-14-37)41-31(45)28-18-26(44(35(49)50)30-24(4)16-22(2)17-27(30)39)20-43(28)32(46)29(23(3)15-21)40-34(48)53-36(5,6)7/h10,12,16-17,21,23,25-26,28-29H,9,11,13-15,18-20H2,1-8H3,(H,40,48)(H,41,45)(H,42,47)(H,49,50)/b12-10-/t21-,23-,25-,26-,28+,29+,38-/m1/s1. The number of sulfonamides is 1. The molecule has 5 rings (SSSR count). The van der Waals surface area contributed by atoms with Gasteiger partial charge in [-0.2, -0.15) is 0 Å². The number of hydrogen-bond acceptors (Lipinski definition) is 8. The normalized spacial score (nSPS) is 30.4. The number of rotatable bonds is 6. The van der Waals surface area contributed by atoms with Crippen molar-refractivity contribution in [1.82, 2.24) is 20.3 Å². The number of nitrogens with zero attached hydrogens (tertiary/aromatic N) is 2. The molecule has 1 aromatic rings. The van der Waals surface area contributed by atoms with Crippen LogP contribution in [0.5, 0.6) is 0 Å². The van der Waals surface area contributed by atoms with Gasteiger partial charge in [-0.1, -0.05) is 43.7 Å². The van der Waals surface area contributed by atoms with Crippen LogP contribution in [-0.4, -0.2) is 88.9 Å². The topological polar surface area (TPSA) is 192 Å². The Kier molecular flexibility index (Phi) is 11.5. The molecule has 2 aliphatic heterocycles. The molecule has 4 aliphatic rings. The highest BCUT2D eigenvalue weighted by Gasteiger charge is 2.63. The number of hydrogen-bond donors (Lipinski definition) is 4. The molecule has 3 fully saturated rings. The first-order chi connectivity index (χ1) is 25.0. The van der Waals surface area contributed by atoms with E-state index in [0.29, 0.717) is 31.2 Å². The number of nitrogens with one attached hydrogen (secondary N) is 3. The van der Waals surface area contributed by atoms with E-state index in [2.05, 4.69) is 15.4 Å². The molecular formula is C38H54ClN5O9S. The van der Waals surface area contributed by atoms with Crippen molar-refractivity contribution in [2.45, 2.75) is 134 Å². The highest BCUT2D eigenvalue weighted by atomic mass is 35.5. The summed E-state index contributed by atoms with van der Waals surface area (Å²) in [6.07, 6.45) is 4.20. The Morgan fingerprint density at radius 2 is 1.78 bits per heavy atom. The highest BCUT2D eigenvalue weighted by molar-refractivity contribution is 7.91. The lowest BCUT2D eigenvalue weighted by atomic mass is 9.88. The summed E-state index contributed by atoms with van der Waals surface area (Å²) in [7, 11) is -4.05. The van der Waals surface area contributed by atoms with Crippen LogP contribution >= 0.6 is 11.6 Å². The molecule has 14 nitrogen and oxygen atoms in total. The average Bonchev–Trinajstić information content (AvgIpc) is 3.91. The lowest BCUT2D eigenvalue weighted by Gasteiger charge is -2.33. The van der Waals surface area contributed by atoms with Crippen molar-refractivity contribution < 1.29 is 42.2 Å². The molecule has 1 aromatic carbocycles. The van der Waals surface area contributed by atoms with E-state index >= 15 is 0 Å². The van der Waals surface area contributed by atoms with Gasteiger partial charge in [-0.25, -0.2) is 18.0 Å². The van der Waals surface area contributed by atoms with Crippen molar-refractivity contribution in [3.8, 4) is 0 Å². The van der Waals surface area contributed by atoms with Gasteiger partial charge >= 0.3 is 12.2 Å². The van der Waals surface area contributed by atoms with Crippen molar-refractivity contribution in [2.75, 3.05) is 11.4 Å². The summed E-state index contributed by atoms with van der Waals surface area (Å²) in [5.74, 6) is -3.09. The summed E-state index contributed by atoms with van der Waals surface area (Å²) >= 11 is 6.64. The summed E-state index contributed by atoms with van der Waals surface area (Å²) in [5.41, 5.74) is -0.889. The number of allylic oxidation sites excluding steroid dienone is 1. The molecule has 0 bridgehead atoms. The smallest absolute Gasteiger partial charge is 0.412 e. The van der Waals surface area contributed by atoms with Crippen LogP contribution < -0.4 is 20.3 Å². The van der Waals surface area contributed by atoms with Gasteiger partial charge in [-0.05, 0) is 116 Å². The molecule has 7 atom stereocenters. The fraction of sp³-hybridized carbons (Fsp3) is 0.658. The van der Waals surface area contributed by atoms with Gasteiger partial charge in [0.1, 0.15) is 23.2 Å². The summed E-state index contributed by atoms with van der Waals surface area (Å²) < 4.78 is 33.0. The van der Waals surface area contributed by atoms with E-state index in [0.717, 1.165) is 16.9 Å². The number of carboxylic acid groups (broad SMARTS) is 1. The van der Waals surface area contributed by atoms with Crippen LogP contribution in [0.2, 0.25) is 5.02 Å². The molecule has 54 heavy (non-hydrogen) atoms. The summed E-state index contributed by atoms with van der Waals surface area (Å²) in [5, 5.41) is 16.3. The Balaban J connectivity index is 1.57. The second-order valence-electron chi connectivity index (χ2n) is 17.1. The van der Waals surface area contributed by atoms with Crippen LogP contribution in [0.15, 0.2) is 24.3 Å². The molecule has 0 radical (unpaired) electrons. The molecule has 298 valence electrons. The number of alkyl carbamates (subject to hydrolysis) is 1. The Morgan fingerprint density at radius 1 is 1.11 bits per heavy atom. The minimum absolute atomic E-state index is 0.0956. The number of aryl methyl sites for hydroxylation is 2. The predicted octanol–water partition coefficient (Wildman–Crippen LogP) is 5.19. The van der Waals surface area contributed by atoms with Crippen LogP contribution in [0.1, 0.15) is 97.6 Å². The number of fused-ring (bicyclic) bond motifs is 2. The minimum Gasteiger partial charge on any atom is -0.465 e. The largest absolute Gasteiger partial charge is 0.465 e. The van der Waals surface area contributed by atoms with E-state index in [1.54, 1.807) is 46.8 Å². The maximum Gasteiger partial charge on any atom is 0.412 e. The molecule has 0 aromatic heterocycles. The molecule has 0 spiro atoms. The first-order valence-electron chi connectivity index (χ1n) is 18.6. The van der Waals surface area contributed by atoms with Gasteiger partial charge in [0.05, 0.1) is 21.5 Å². The van der Waals surface area contributed by atoms with Crippen LogP contribution in [0.4, 0.5) is 15.3 Å². The van der Waals surface area contributed by atoms with E-state index in [1.807, 2.05) is 32.9 Å². The second-order valence-corrected chi connectivity index (χ2v) is 19.7. The van der Waals surface area contributed by atoms with Crippen LogP contribution in [-0.2, 0) is 29.1 Å². The van der Waals surface area contributed by atoms with E-state index < -0.39 is 85.8 Å². The van der Waals surface area contributed by atoms with Crippen molar-refractivity contribution in [3.63, 3.8) is 0 Å². The molecule has 0 unspecified atom stereocenters. The molecule has 2 heterocycles. The molecule has 2 aliphatic carbocycles. The Hall–Kier alpha value is -3.85. The number of carbonyl (C=O) groups excluding carboxylic acids is 4. The maximum atomic E-state index is 14.8. The van der Waals surface area contributed by atoms with Gasteiger partial charge in [-0.15, -0.1) is 0 Å². The predicted molar refractivity (Wildman–Crippen MR) is 203 cm³/mol. The van der Waals surface area contributed by atoms with E-state index in [9.17, 15) is 37.5 Å². The zero-order valence-corrected chi connectivity index (χ0v) is 33.9. The molecule has 1 saturated heterocycles. The zero-order chi connectivity index (χ0) is 40.1. The first kappa shape index (κ1) is 41.3. The van der Waals surface area contributed by atoms with Gasteiger partial charge in [0.2, 0.25) is 21.8 Å². The summed E-state index contributed by atoms with van der Waals surface area (Å²) in [6, 6.07) is -0.0124. The highest BCUT2D eigenvalue weighted by Crippen LogP contribution is 2.48. The number of benzene rings is 1. The van der Waals surface area contributed by atoms with E-state index in [4.69, 9.17) is 16.3 Å². The summed E-state index contributed by atoms with van der Waals surface area (Å²) in [4.78, 5) is 71.8. The third kappa shape index (κ3) is 8.66. The van der Waals surface area contributed by atoms with E-state index in [1.165, 1.54) is 4.90 Å². The third-order valence-electron chi connectivity index (χ3n) is 11.1. The average molecular weight is 792 g/mol. The third-order valence-corrected chi connectivity index (χ3v) is 13.6. The van der Waals surface area contributed by atoms with Gasteiger partial charge in [0.15, 0.2) is 0 Å². The van der Waals surface area contributed by atoms with Gasteiger partial charge in [0, 0.05) is 12.5 Å². The first-order valence-corrected chi connectivity index (χ1v) is 20.5. The number of anilines is 1. The molecule has 2 saturated carbocycles. The fourth-order valence-corrected chi connectivity index (χ4v) is 9.52. The lowest BCUT2D eigenvalue weighted by Crippen LogP contribution is -2.59. The Morgan fingerprint density at radius 3 is 2.37 bits per heavy atom. The van der Waals surface area contributed by atoms with Gasteiger partial charge < -0.3 is 25.4 Å². The number of carbonyl (C=O) groups is 5. The quantitative estimate of drug-likeness (QED) is 0.281. The SMILES string of the molecule is Cc1cc(C)c(N(C(=O)O)[C@@H]2C[C@H]3C(=O)N[C@]4(C(=O)NS(=O)(=O)C5(C)CC5)C[C@H]4/C=C\CC[C@@H](C)C[C@@H](C)[C@H](NC(=O)OC(C)(C)C)C(=O)N3C2)c(Cl)c1. The minimum atomic E-state index is -4.05. The van der Waals surface area contributed by atoms with Crippen LogP contribution in [0.25, 0.3) is 0 Å².